The third-order valence-corrected chi connectivity index (χ3v) is 3.65. The number of aromatic nitrogens is 1. The average molecular weight is 293 g/mol. The van der Waals surface area contributed by atoms with Gasteiger partial charge in [0.2, 0.25) is 0 Å². The molecule has 1 saturated heterocycles. The Kier molecular flexibility index (Phi) is 3.97. The smallest absolute Gasteiger partial charge is 0.288 e. The number of nitro groups is 1. The third-order valence-electron chi connectivity index (χ3n) is 3.65. The fourth-order valence-corrected chi connectivity index (χ4v) is 2.64. The summed E-state index contributed by atoms with van der Waals surface area (Å²) in [6, 6.07) is 1.29. The number of amidine groups is 1. The first-order valence-corrected chi connectivity index (χ1v) is 6.71. The van der Waals surface area contributed by atoms with Gasteiger partial charge in [-0.05, 0) is 18.3 Å². The van der Waals surface area contributed by atoms with Crippen LogP contribution in [0.25, 0.3) is 0 Å². The monoisotopic (exact) mass is 293 g/mol. The molecule has 0 aliphatic carbocycles. The van der Waals surface area contributed by atoms with Crippen molar-refractivity contribution in [3.63, 3.8) is 0 Å². The number of nitrogens with two attached hydrogens (primary N) is 1. The van der Waals surface area contributed by atoms with Crippen molar-refractivity contribution in [2.24, 2.45) is 16.3 Å². The molecule has 0 unspecified atom stereocenters. The molecular weight excluding hydrogens is 274 g/mol. The average Bonchev–Trinajstić information content (AvgIpc) is 2.44. The summed E-state index contributed by atoms with van der Waals surface area (Å²) in [5.41, 5.74) is 5.88. The van der Waals surface area contributed by atoms with Crippen LogP contribution in [0.1, 0.15) is 32.3 Å². The maximum atomic E-state index is 10.9. The van der Waals surface area contributed by atoms with Crippen LogP contribution in [0.5, 0.6) is 0 Å². The summed E-state index contributed by atoms with van der Waals surface area (Å²) >= 11 is 0. The summed E-state index contributed by atoms with van der Waals surface area (Å²) in [6.45, 7) is 5.88. The van der Waals surface area contributed by atoms with E-state index in [1.165, 1.54) is 12.3 Å². The van der Waals surface area contributed by atoms with Crippen LogP contribution in [-0.4, -0.2) is 34.0 Å². The summed E-state index contributed by atoms with van der Waals surface area (Å²) in [7, 11) is 0. The number of oxime groups is 1. The Bertz CT molecular complexity index is 585. The molecule has 0 saturated carbocycles. The number of piperidine rings is 1. The SMILES string of the molecule is CC1(C)CCCN(c2ncc([N+](=O)[O-])cc2C(N)=NO)C1. The van der Waals surface area contributed by atoms with E-state index in [1.807, 2.05) is 4.90 Å². The Morgan fingerprint density at radius 1 is 1.62 bits per heavy atom. The quantitative estimate of drug-likeness (QED) is 0.288. The number of rotatable bonds is 3. The highest BCUT2D eigenvalue weighted by atomic mass is 16.6. The zero-order valence-corrected chi connectivity index (χ0v) is 12.1. The van der Waals surface area contributed by atoms with Crippen LogP contribution in [0.2, 0.25) is 0 Å². The summed E-state index contributed by atoms with van der Waals surface area (Å²) in [6.07, 6.45) is 3.31. The molecule has 1 fully saturated rings. The minimum absolute atomic E-state index is 0.129. The lowest BCUT2D eigenvalue weighted by molar-refractivity contribution is -0.385. The normalized spacial score (nSPS) is 18.6. The van der Waals surface area contributed by atoms with Crippen LogP contribution in [0.3, 0.4) is 0 Å². The van der Waals surface area contributed by atoms with Gasteiger partial charge in [0, 0.05) is 19.2 Å². The molecule has 1 aliphatic rings. The molecule has 1 aromatic rings. The Balaban J connectivity index is 2.45. The molecule has 21 heavy (non-hydrogen) atoms. The van der Waals surface area contributed by atoms with Gasteiger partial charge in [-0.3, -0.25) is 10.1 Å². The van der Waals surface area contributed by atoms with E-state index in [1.54, 1.807) is 0 Å². The van der Waals surface area contributed by atoms with Gasteiger partial charge >= 0.3 is 0 Å². The summed E-state index contributed by atoms with van der Waals surface area (Å²) in [4.78, 5) is 16.5. The summed E-state index contributed by atoms with van der Waals surface area (Å²) in [5, 5.41) is 22.7. The van der Waals surface area contributed by atoms with Crippen LogP contribution >= 0.6 is 0 Å². The fourth-order valence-electron chi connectivity index (χ4n) is 2.64. The van der Waals surface area contributed by atoms with Gasteiger partial charge in [0.15, 0.2) is 5.84 Å². The largest absolute Gasteiger partial charge is 0.409 e. The molecule has 2 heterocycles. The van der Waals surface area contributed by atoms with Crippen molar-refractivity contribution in [2.75, 3.05) is 18.0 Å². The van der Waals surface area contributed by atoms with Crippen molar-refractivity contribution in [1.82, 2.24) is 4.98 Å². The van der Waals surface area contributed by atoms with Crippen LogP contribution in [0.15, 0.2) is 17.4 Å². The zero-order valence-electron chi connectivity index (χ0n) is 12.1. The Morgan fingerprint density at radius 2 is 2.33 bits per heavy atom. The second-order valence-corrected chi connectivity index (χ2v) is 6.00. The van der Waals surface area contributed by atoms with Gasteiger partial charge in [0.05, 0.1) is 10.5 Å². The van der Waals surface area contributed by atoms with E-state index in [0.717, 1.165) is 25.9 Å². The Labute approximate surface area is 122 Å². The predicted molar refractivity (Wildman–Crippen MR) is 78.6 cm³/mol. The van der Waals surface area contributed by atoms with E-state index in [-0.39, 0.29) is 22.5 Å². The van der Waals surface area contributed by atoms with Crippen LogP contribution < -0.4 is 10.6 Å². The standard InChI is InChI=1S/C13H19N5O3/c1-13(2)4-3-5-17(8-13)12-10(11(14)16-19)6-9(7-15-12)18(20)21/h6-7,19H,3-5,8H2,1-2H3,(H2,14,16). The molecule has 8 heteroatoms. The first kappa shape index (κ1) is 15.0. The topological polar surface area (TPSA) is 118 Å². The van der Waals surface area contributed by atoms with Crippen LogP contribution in [0, 0.1) is 15.5 Å². The molecule has 3 N–H and O–H groups in total. The van der Waals surface area contributed by atoms with Crippen molar-refractivity contribution < 1.29 is 10.1 Å². The first-order chi connectivity index (χ1) is 9.84. The number of hydrogen-bond donors (Lipinski definition) is 2. The Hall–Kier alpha value is -2.38. The van der Waals surface area contributed by atoms with Gasteiger partial charge in [-0.2, -0.15) is 0 Å². The van der Waals surface area contributed by atoms with E-state index in [9.17, 15) is 10.1 Å². The van der Waals surface area contributed by atoms with Gasteiger partial charge in [-0.15, -0.1) is 0 Å². The molecule has 0 spiro atoms. The minimum Gasteiger partial charge on any atom is -0.409 e. The zero-order chi connectivity index (χ0) is 15.6. The fraction of sp³-hybridized carbons (Fsp3) is 0.538. The van der Waals surface area contributed by atoms with Crippen LogP contribution in [-0.2, 0) is 0 Å². The summed E-state index contributed by atoms with van der Waals surface area (Å²) < 4.78 is 0. The number of nitrogens with zero attached hydrogens (tertiary/aromatic N) is 4. The van der Waals surface area contributed by atoms with Crippen LogP contribution in [0.4, 0.5) is 11.5 Å². The molecular formula is C13H19N5O3. The van der Waals surface area contributed by atoms with E-state index in [2.05, 4.69) is 24.0 Å². The van der Waals surface area contributed by atoms with Gasteiger partial charge in [-0.1, -0.05) is 19.0 Å². The number of pyridine rings is 1. The third kappa shape index (κ3) is 3.21. The molecule has 0 radical (unpaired) electrons. The molecule has 0 aromatic carbocycles. The second-order valence-electron chi connectivity index (χ2n) is 6.00. The molecule has 0 bridgehead atoms. The highest BCUT2D eigenvalue weighted by Gasteiger charge is 2.29. The molecule has 8 nitrogen and oxygen atoms in total. The molecule has 114 valence electrons. The van der Waals surface area contributed by atoms with Crippen molar-refractivity contribution >= 4 is 17.3 Å². The Morgan fingerprint density at radius 3 is 2.90 bits per heavy atom. The predicted octanol–water partition coefficient (Wildman–Crippen LogP) is 1.71. The van der Waals surface area contributed by atoms with E-state index in [4.69, 9.17) is 10.9 Å². The van der Waals surface area contributed by atoms with E-state index >= 15 is 0 Å². The first-order valence-electron chi connectivity index (χ1n) is 6.71. The molecule has 1 aliphatic heterocycles. The molecule has 1 aromatic heterocycles. The maximum absolute atomic E-state index is 10.9. The van der Waals surface area contributed by atoms with Crippen molar-refractivity contribution in [1.29, 1.82) is 0 Å². The lowest BCUT2D eigenvalue weighted by atomic mass is 9.84. The van der Waals surface area contributed by atoms with Crippen molar-refractivity contribution in [2.45, 2.75) is 26.7 Å². The highest BCUT2D eigenvalue weighted by molar-refractivity contribution is 6.02. The maximum Gasteiger partial charge on any atom is 0.288 e. The van der Waals surface area contributed by atoms with Gasteiger partial charge in [0.25, 0.3) is 5.69 Å². The van der Waals surface area contributed by atoms with Crippen molar-refractivity contribution in [3.8, 4) is 0 Å². The van der Waals surface area contributed by atoms with Gasteiger partial charge in [-0.25, -0.2) is 4.98 Å². The number of anilines is 1. The molecule has 2 rings (SSSR count). The minimum atomic E-state index is -0.551. The van der Waals surface area contributed by atoms with E-state index < -0.39 is 4.92 Å². The van der Waals surface area contributed by atoms with E-state index in [0.29, 0.717) is 5.82 Å². The summed E-state index contributed by atoms with van der Waals surface area (Å²) in [5.74, 6) is 0.341. The number of hydrogen-bond acceptors (Lipinski definition) is 6. The molecule has 0 amide bonds. The lowest BCUT2D eigenvalue weighted by Crippen LogP contribution is -2.41. The highest BCUT2D eigenvalue weighted by Crippen LogP contribution is 2.32. The van der Waals surface area contributed by atoms with Gasteiger partial charge < -0.3 is 15.8 Å². The second kappa shape index (κ2) is 5.55. The molecule has 0 atom stereocenters. The lowest BCUT2D eigenvalue weighted by Gasteiger charge is -2.39. The van der Waals surface area contributed by atoms with Gasteiger partial charge in [0.1, 0.15) is 12.0 Å². The van der Waals surface area contributed by atoms with Crippen molar-refractivity contribution in [3.05, 3.63) is 27.9 Å².